The fraction of sp³-hybridized carbons (Fsp3) is 0.636. The number of benzene rings is 1. The van der Waals surface area contributed by atoms with Gasteiger partial charge in [-0.25, -0.2) is 8.42 Å². The molecule has 1 fully saturated rings. The standard InChI is InChI=1S/C22H34N4O4S/c1-4-24(5-2)12-8-11-23-22(28)21-16-18-15-19(9-10-20(18)26(21)17(3)27)31(29,30)25-13-6-7-14-25/h9-10,15,21H,4-8,11-14,16H2,1-3H3,(H,23,28)/t21-/m0/s1. The highest BCUT2D eigenvalue weighted by Crippen LogP contribution is 2.35. The number of amides is 2. The SMILES string of the molecule is CCN(CC)CCCNC(=O)[C@@H]1Cc2cc(S(=O)(=O)N3CCCC3)ccc2N1C(C)=O. The molecule has 9 heteroatoms. The summed E-state index contributed by atoms with van der Waals surface area (Å²) in [5, 5.41) is 2.95. The van der Waals surface area contributed by atoms with Crippen LogP contribution in [0.15, 0.2) is 23.1 Å². The molecule has 1 aromatic rings. The molecule has 3 rings (SSSR count). The summed E-state index contributed by atoms with van der Waals surface area (Å²) in [6, 6.07) is 4.19. The average molecular weight is 451 g/mol. The van der Waals surface area contributed by atoms with Gasteiger partial charge in [0.2, 0.25) is 21.8 Å². The molecule has 2 aliphatic heterocycles. The van der Waals surface area contributed by atoms with Gasteiger partial charge in [-0.2, -0.15) is 4.31 Å². The lowest BCUT2D eigenvalue weighted by Crippen LogP contribution is -2.47. The van der Waals surface area contributed by atoms with Crippen LogP contribution in [0.1, 0.15) is 45.6 Å². The molecule has 8 nitrogen and oxygen atoms in total. The van der Waals surface area contributed by atoms with Gasteiger partial charge in [-0.15, -0.1) is 0 Å². The van der Waals surface area contributed by atoms with Crippen molar-refractivity contribution in [1.29, 1.82) is 0 Å². The topological polar surface area (TPSA) is 90.0 Å². The summed E-state index contributed by atoms with van der Waals surface area (Å²) in [4.78, 5) is 29.2. The van der Waals surface area contributed by atoms with Gasteiger partial charge in [0.15, 0.2) is 0 Å². The van der Waals surface area contributed by atoms with Gasteiger partial charge in [0, 0.05) is 38.7 Å². The smallest absolute Gasteiger partial charge is 0.243 e. The summed E-state index contributed by atoms with van der Waals surface area (Å²) in [5.74, 6) is -0.424. The Balaban J connectivity index is 1.71. The predicted octanol–water partition coefficient (Wildman–Crippen LogP) is 1.60. The van der Waals surface area contributed by atoms with Crippen LogP contribution in [0.2, 0.25) is 0 Å². The number of hydrogen-bond acceptors (Lipinski definition) is 5. The maximum absolute atomic E-state index is 12.9. The zero-order chi connectivity index (χ0) is 22.6. The van der Waals surface area contributed by atoms with Crippen molar-refractivity contribution in [2.75, 3.05) is 44.2 Å². The minimum absolute atomic E-state index is 0.199. The van der Waals surface area contributed by atoms with E-state index >= 15 is 0 Å². The van der Waals surface area contributed by atoms with E-state index in [2.05, 4.69) is 24.1 Å². The van der Waals surface area contributed by atoms with Crippen LogP contribution >= 0.6 is 0 Å². The molecule has 1 atom stereocenters. The molecule has 1 saturated heterocycles. The summed E-state index contributed by atoms with van der Waals surface area (Å²) in [6.07, 6.45) is 2.91. The van der Waals surface area contributed by atoms with E-state index in [4.69, 9.17) is 0 Å². The molecule has 1 N–H and O–H groups in total. The monoisotopic (exact) mass is 450 g/mol. The van der Waals surface area contributed by atoms with Crippen molar-refractivity contribution in [3.8, 4) is 0 Å². The zero-order valence-corrected chi connectivity index (χ0v) is 19.6. The van der Waals surface area contributed by atoms with Crippen LogP contribution < -0.4 is 10.2 Å². The van der Waals surface area contributed by atoms with Crippen molar-refractivity contribution in [2.45, 2.75) is 57.4 Å². The van der Waals surface area contributed by atoms with Crippen molar-refractivity contribution in [3.05, 3.63) is 23.8 Å². The Morgan fingerprint density at radius 2 is 1.84 bits per heavy atom. The molecular formula is C22H34N4O4S. The third-order valence-electron chi connectivity index (χ3n) is 6.22. The summed E-state index contributed by atoms with van der Waals surface area (Å²) >= 11 is 0. The molecule has 0 aliphatic carbocycles. The molecule has 2 amide bonds. The lowest BCUT2D eigenvalue weighted by Gasteiger charge is -2.24. The number of nitrogens with one attached hydrogen (secondary N) is 1. The quantitative estimate of drug-likeness (QED) is 0.577. The Hall–Kier alpha value is -1.97. The first-order valence-electron chi connectivity index (χ1n) is 11.2. The predicted molar refractivity (Wildman–Crippen MR) is 121 cm³/mol. The van der Waals surface area contributed by atoms with Gasteiger partial charge >= 0.3 is 0 Å². The normalized spacial score (nSPS) is 19.1. The number of nitrogens with zero attached hydrogens (tertiary/aromatic N) is 3. The van der Waals surface area contributed by atoms with Gasteiger partial charge in [-0.3, -0.25) is 14.5 Å². The minimum Gasteiger partial charge on any atom is -0.354 e. The van der Waals surface area contributed by atoms with Crippen LogP contribution in [0.25, 0.3) is 0 Å². The molecule has 172 valence electrons. The fourth-order valence-corrected chi connectivity index (χ4v) is 6.01. The summed E-state index contributed by atoms with van der Waals surface area (Å²) in [7, 11) is -3.54. The van der Waals surface area contributed by atoms with E-state index in [0.29, 0.717) is 31.7 Å². The second kappa shape index (κ2) is 10.1. The molecule has 0 saturated carbocycles. The summed E-state index contributed by atoms with van der Waals surface area (Å²) in [5.41, 5.74) is 1.34. The first-order chi connectivity index (χ1) is 14.8. The number of carbonyl (C=O) groups is 2. The maximum Gasteiger partial charge on any atom is 0.243 e. The number of sulfonamides is 1. The Kier molecular flexibility index (Phi) is 7.72. The molecule has 0 unspecified atom stereocenters. The molecule has 1 aromatic carbocycles. The van der Waals surface area contributed by atoms with Crippen molar-refractivity contribution in [3.63, 3.8) is 0 Å². The minimum atomic E-state index is -3.54. The summed E-state index contributed by atoms with van der Waals surface area (Å²) in [6.45, 7) is 10.1. The van der Waals surface area contributed by atoms with E-state index in [1.807, 2.05) is 0 Å². The van der Waals surface area contributed by atoms with Crippen molar-refractivity contribution < 1.29 is 18.0 Å². The zero-order valence-electron chi connectivity index (χ0n) is 18.8. The highest BCUT2D eigenvalue weighted by atomic mass is 32.2. The van der Waals surface area contributed by atoms with Crippen molar-refractivity contribution in [1.82, 2.24) is 14.5 Å². The van der Waals surface area contributed by atoms with Gasteiger partial charge < -0.3 is 10.2 Å². The second-order valence-corrected chi connectivity index (χ2v) is 10.1. The molecular weight excluding hydrogens is 416 g/mol. The molecule has 0 spiro atoms. The van der Waals surface area contributed by atoms with Crippen LogP contribution in [0.5, 0.6) is 0 Å². The first-order valence-corrected chi connectivity index (χ1v) is 12.7. The Morgan fingerprint density at radius 3 is 2.45 bits per heavy atom. The molecule has 0 radical (unpaired) electrons. The number of hydrogen-bond donors (Lipinski definition) is 1. The highest BCUT2D eigenvalue weighted by Gasteiger charge is 2.38. The lowest BCUT2D eigenvalue weighted by molar-refractivity contribution is -0.125. The third-order valence-corrected chi connectivity index (χ3v) is 8.12. The Bertz CT molecular complexity index is 908. The average Bonchev–Trinajstić information content (AvgIpc) is 3.41. The maximum atomic E-state index is 12.9. The second-order valence-electron chi connectivity index (χ2n) is 8.18. The van der Waals surface area contributed by atoms with E-state index in [1.54, 1.807) is 18.2 Å². The molecule has 2 heterocycles. The van der Waals surface area contributed by atoms with Crippen LogP contribution in [-0.4, -0.2) is 74.7 Å². The van der Waals surface area contributed by atoms with Gasteiger partial charge in [-0.05, 0) is 62.7 Å². The van der Waals surface area contributed by atoms with Gasteiger partial charge in [0.1, 0.15) is 6.04 Å². The first kappa shape index (κ1) is 23.7. The number of fused-ring (bicyclic) bond motifs is 1. The van der Waals surface area contributed by atoms with Gasteiger partial charge in [0.05, 0.1) is 4.90 Å². The molecule has 31 heavy (non-hydrogen) atoms. The van der Waals surface area contributed by atoms with E-state index in [-0.39, 0.29) is 16.7 Å². The largest absolute Gasteiger partial charge is 0.354 e. The van der Waals surface area contributed by atoms with Gasteiger partial charge in [0.25, 0.3) is 0 Å². The highest BCUT2D eigenvalue weighted by molar-refractivity contribution is 7.89. The lowest BCUT2D eigenvalue weighted by atomic mass is 10.1. The van der Waals surface area contributed by atoms with E-state index in [9.17, 15) is 18.0 Å². The summed E-state index contributed by atoms with van der Waals surface area (Å²) < 4.78 is 27.3. The number of rotatable bonds is 9. The van der Waals surface area contributed by atoms with Crippen molar-refractivity contribution >= 4 is 27.5 Å². The van der Waals surface area contributed by atoms with Crippen LogP contribution in [0, 0.1) is 0 Å². The van der Waals surface area contributed by atoms with Crippen LogP contribution in [0.3, 0.4) is 0 Å². The molecule has 2 aliphatic rings. The molecule has 0 aromatic heterocycles. The third kappa shape index (κ3) is 5.10. The van der Waals surface area contributed by atoms with E-state index in [1.165, 1.54) is 16.1 Å². The van der Waals surface area contributed by atoms with Gasteiger partial charge in [-0.1, -0.05) is 13.8 Å². The fourth-order valence-electron chi connectivity index (χ4n) is 4.44. The van der Waals surface area contributed by atoms with Crippen LogP contribution in [0.4, 0.5) is 5.69 Å². The van der Waals surface area contributed by atoms with E-state index in [0.717, 1.165) is 44.5 Å². The Morgan fingerprint density at radius 1 is 1.16 bits per heavy atom. The van der Waals surface area contributed by atoms with E-state index < -0.39 is 16.1 Å². The number of anilines is 1. The number of carbonyl (C=O) groups excluding carboxylic acids is 2. The molecule has 0 bridgehead atoms. The van der Waals surface area contributed by atoms with Crippen molar-refractivity contribution in [2.24, 2.45) is 0 Å². The Labute approximate surface area is 185 Å². The van der Waals surface area contributed by atoms with Crippen LogP contribution in [-0.2, 0) is 26.0 Å².